The molecule has 0 atom stereocenters. The van der Waals surface area contributed by atoms with Crippen LogP contribution in [0.4, 0.5) is 13.2 Å². The normalized spacial score (nSPS) is 11.5. The van der Waals surface area contributed by atoms with E-state index in [9.17, 15) is 13.2 Å². The molecule has 2 N–H and O–H groups in total. The number of methoxy groups -OCH3 is 1. The Hall–Kier alpha value is -2.22. The zero-order chi connectivity index (χ0) is 16.0. The van der Waals surface area contributed by atoms with E-state index in [0.29, 0.717) is 13.1 Å². The van der Waals surface area contributed by atoms with Crippen LogP contribution in [0, 0.1) is 0 Å². The number of ether oxygens (including phenoxy) is 2. The maximum atomic E-state index is 12.2. The van der Waals surface area contributed by atoms with Crippen molar-refractivity contribution in [3.05, 3.63) is 42.0 Å². The van der Waals surface area contributed by atoms with Gasteiger partial charge in [-0.15, -0.1) is 0 Å². The summed E-state index contributed by atoms with van der Waals surface area (Å²) in [5.41, 5.74) is 0.864. The minimum absolute atomic E-state index is 0.0645. The fraction of sp³-hybridized carbons (Fsp3) is 0.357. The van der Waals surface area contributed by atoms with Crippen LogP contribution in [0.5, 0.6) is 11.5 Å². The number of benzene rings is 1. The van der Waals surface area contributed by atoms with Gasteiger partial charge in [0.05, 0.1) is 13.7 Å². The van der Waals surface area contributed by atoms with Gasteiger partial charge in [0.2, 0.25) is 0 Å². The fourth-order valence-electron chi connectivity index (χ4n) is 1.82. The lowest BCUT2D eigenvalue weighted by atomic mass is 10.2. The number of rotatable bonds is 7. The molecule has 1 aromatic heterocycles. The second-order valence-electron chi connectivity index (χ2n) is 4.53. The predicted octanol–water partition coefficient (Wildman–Crippen LogP) is 2.65. The number of alkyl halides is 3. The van der Waals surface area contributed by atoms with Crippen LogP contribution in [0.2, 0.25) is 0 Å². The summed E-state index contributed by atoms with van der Waals surface area (Å²) in [5.74, 6) is 1.13. The smallest absolute Gasteiger partial charge is 0.422 e. The second kappa shape index (κ2) is 7.17. The number of H-pyrrole nitrogens is 1. The molecule has 0 aliphatic carbocycles. The molecule has 0 bridgehead atoms. The monoisotopic (exact) mass is 315 g/mol. The summed E-state index contributed by atoms with van der Waals surface area (Å²) in [6.45, 7) is -0.266. The molecule has 0 fully saturated rings. The minimum Gasteiger partial charge on any atom is -0.493 e. The zero-order valence-corrected chi connectivity index (χ0v) is 11.9. The molecule has 2 rings (SSSR count). The molecule has 0 unspecified atom stereocenters. The van der Waals surface area contributed by atoms with E-state index in [2.05, 4.69) is 15.3 Å². The van der Waals surface area contributed by atoms with Gasteiger partial charge in [0.15, 0.2) is 18.1 Å². The highest BCUT2D eigenvalue weighted by Crippen LogP contribution is 2.29. The molecule has 2 aromatic rings. The predicted molar refractivity (Wildman–Crippen MR) is 73.7 cm³/mol. The first-order chi connectivity index (χ1) is 10.5. The summed E-state index contributed by atoms with van der Waals surface area (Å²) in [6.07, 6.45) is -0.992. The average molecular weight is 315 g/mol. The number of nitrogens with one attached hydrogen (secondary N) is 2. The number of aromatic amines is 1. The van der Waals surface area contributed by atoms with Gasteiger partial charge in [-0.25, -0.2) is 4.98 Å². The second-order valence-corrected chi connectivity index (χ2v) is 4.53. The quantitative estimate of drug-likeness (QED) is 0.825. The number of halogens is 3. The van der Waals surface area contributed by atoms with E-state index in [4.69, 9.17) is 9.47 Å². The van der Waals surface area contributed by atoms with Gasteiger partial charge in [-0.1, -0.05) is 6.07 Å². The van der Waals surface area contributed by atoms with Crippen molar-refractivity contribution in [1.29, 1.82) is 0 Å². The number of nitrogens with zero attached hydrogens (tertiary/aromatic N) is 1. The highest BCUT2D eigenvalue weighted by Gasteiger charge is 2.29. The van der Waals surface area contributed by atoms with Crippen LogP contribution in [-0.2, 0) is 13.1 Å². The maximum Gasteiger partial charge on any atom is 0.422 e. The first-order valence-electron chi connectivity index (χ1n) is 6.53. The topological polar surface area (TPSA) is 59.2 Å². The highest BCUT2D eigenvalue weighted by molar-refractivity contribution is 5.43. The molecule has 0 saturated heterocycles. The van der Waals surface area contributed by atoms with Crippen LogP contribution in [0.25, 0.3) is 0 Å². The summed E-state index contributed by atoms with van der Waals surface area (Å²) in [7, 11) is 1.38. The molecule has 1 aromatic carbocycles. The van der Waals surface area contributed by atoms with E-state index in [1.807, 2.05) is 0 Å². The van der Waals surface area contributed by atoms with Crippen LogP contribution in [0.3, 0.4) is 0 Å². The molecular weight excluding hydrogens is 299 g/mol. The molecule has 8 heteroatoms. The van der Waals surface area contributed by atoms with E-state index < -0.39 is 12.8 Å². The van der Waals surface area contributed by atoms with Gasteiger partial charge in [0, 0.05) is 18.9 Å². The third-order valence-electron chi connectivity index (χ3n) is 2.80. The number of hydrogen-bond acceptors (Lipinski definition) is 4. The molecular formula is C14H16F3N3O2. The summed E-state index contributed by atoms with van der Waals surface area (Å²) in [4.78, 5) is 7.03. The van der Waals surface area contributed by atoms with Crippen molar-refractivity contribution in [3.8, 4) is 11.5 Å². The van der Waals surface area contributed by atoms with E-state index >= 15 is 0 Å². The Morgan fingerprint density at radius 2 is 2.05 bits per heavy atom. The standard InChI is InChI=1S/C14H16F3N3O2/c1-21-12-6-10(7-18-8-13-19-4-5-20-13)2-3-11(12)22-9-14(15,16)17/h2-6,18H,7-9H2,1H3,(H,19,20). The molecule has 22 heavy (non-hydrogen) atoms. The average Bonchev–Trinajstić information content (AvgIpc) is 2.98. The lowest BCUT2D eigenvalue weighted by Crippen LogP contribution is -2.19. The number of hydrogen-bond donors (Lipinski definition) is 2. The Kier molecular flexibility index (Phi) is 5.26. The molecule has 0 amide bonds. The van der Waals surface area contributed by atoms with Crippen molar-refractivity contribution in [1.82, 2.24) is 15.3 Å². The Labute approximate surface area is 125 Å². The van der Waals surface area contributed by atoms with Gasteiger partial charge in [-0.2, -0.15) is 13.2 Å². The molecule has 5 nitrogen and oxygen atoms in total. The van der Waals surface area contributed by atoms with Crippen molar-refractivity contribution in [2.24, 2.45) is 0 Å². The Morgan fingerprint density at radius 3 is 2.68 bits per heavy atom. The minimum atomic E-state index is -4.38. The van der Waals surface area contributed by atoms with Crippen molar-refractivity contribution in [2.75, 3.05) is 13.7 Å². The first-order valence-corrected chi connectivity index (χ1v) is 6.53. The van der Waals surface area contributed by atoms with Crippen molar-refractivity contribution >= 4 is 0 Å². The summed E-state index contributed by atoms with van der Waals surface area (Å²) >= 11 is 0. The summed E-state index contributed by atoms with van der Waals surface area (Å²) < 4.78 is 46.3. The molecule has 120 valence electrons. The largest absolute Gasteiger partial charge is 0.493 e. The van der Waals surface area contributed by atoms with Crippen molar-refractivity contribution in [3.63, 3.8) is 0 Å². The lowest BCUT2D eigenvalue weighted by Gasteiger charge is -2.13. The SMILES string of the molecule is COc1cc(CNCc2ncc[nH]2)ccc1OCC(F)(F)F. The van der Waals surface area contributed by atoms with Crippen LogP contribution < -0.4 is 14.8 Å². The third kappa shape index (κ3) is 4.96. The van der Waals surface area contributed by atoms with Crippen LogP contribution >= 0.6 is 0 Å². The summed E-state index contributed by atoms with van der Waals surface area (Å²) in [5, 5.41) is 3.16. The van der Waals surface area contributed by atoms with Gasteiger partial charge in [0.1, 0.15) is 5.82 Å². The van der Waals surface area contributed by atoms with Crippen LogP contribution in [-0.4, -0.2) is 29.9 Å². The van der Waals surface area contributed by atoms with E-state index in [1.165, 1.54) is 13.2 Å². The van der Waals surface area contributed by atoms with Crippen molar-refractivity contribution < 1.29 is 22.6 Å². The highest BCUT2D eigenvalue weighted by atomic mass is 19.4. The van der Waals surface area contributed by atoms with Gasteiger partial charge in [-0.3, -0.25) is 0 Å². The Morgan fingerprint density at radius 1 is 1.23 bits per heavy atom. The molecule has 0 aliphatic rings. The lowest BCUT2D eigenvalue weighted by molar-refractivity contribution is -0.153. The molecule has 1 heterocycles. The third-order valence-corrected chi connectivity index (χ3v) is 2.80. The van der Waals surface area contributed by atoms with Gasteiger partial charge < -0.3 is 19.8 Å². The molecule has 0 radical (unpaired) electrons. The zero-order valence-electron chi connectivity index (χ0n) is 11.9. The van der Waals surface area contributed by atoms with E-state index in [-0.39, 0.29) is 11.5 Å². The Balaban J connectivity index is 1.93. The maximum absolute atomic E-state index is 12.2. The van der Waals surface area contributed by atoms with Gasteiger partial charge >= 0.3 is 6.18 Å². The van der Waals surface area contributed by atoms with E-state index in [1.54, 1.807) is 24.5 Å². The summed E-state index contributed by atoms with van der Waals surface area (Å²) in [6, 6.07) is 4.79. The van der Waals surface area contributed by atoms with Crippen LogP contribution in [0.15, 0.2) is 30.6 Å². The van der Waals surface area contributed by atoms with E-state index in [0.717, 1.165) is 11.4 Å². The Bertz CT molecular complexity index is 586. The first kappa shape index (κ1) is 16.2. The van der Waals surface area contributed by atoms with Crippen molar-refractivity contribution in [2.45, 2.75) is 19.3 Å². The van der Waals surface area contributed by atoms with Crippen LogP contribution in [0.1, 0.15) is 11.4 Å². The number of aromatic nitrogens is 2. The molecule has 0 spiro atoms. The fourth-order valence-corrected chi connectivity index (χ4v) is 1.82. The molecule has 0 aliphatic heterocycles. The molecule has 0 saturated carbocycles. The van der Waals surface area contributed by atoms with Gasteiger partial charge in [-0.05, 0) is 17.7 Å². The number of imidazole rings is 1. The van der Waals surface area contributed by atoms with Gasteiger partial charge in [0.25, 0.3) is 0 Å².